The van der Waals surface area contributed by atoms with E-state index in [0.717, 1.165) is 12.8 Å². The molecule has 1 aliphatic heterocycles. The van der Waals surface area contributed by atoms with Crippen molar-refractivity contribution in [1.29, 1.82) is 0 Å². The fourth-order valence-corrected chi connectivity index (χ4v) is 4.90. The molecule has 0 spiro atoms. The van der Waals surface area contributed by atoms with Crippen molar-refractivity contribution >= 4 is 15.9 Å². The predicted molar refractivity (Wildman–Crippen MR) is 76.5 cm³/mol. The van der Waals surface area contributed by atoms with Crippen molar-refractivity contribution in [1.82, 2.24) is 0 Å². The van der Waals surface area contributed by atoms with E-state index < -0.39 is 20.6 Å². The van der Waals surface area contributed by atoms with E-state index in [-0.39, 0.29) is 13.2 Å². The molecule has 1 saturated heterocycles. The molecule has 0 amide bonds. The molecule has 2 aliphatic rings. The van der Waals surface area contributed by atoms with Gasteiger partial charge in [-0.2, -0.15) is 4.99 Å². The van der Waals surface area contributed by atoms with Crippen LogP contribution in [0.1, 0.15) is 31.2 Å². The number of ether oxygens (including phenoxy) is 1. The van der Waals surface area contributed by atoms with E-state index in [1.807, 2.05) is 0 Å². The fraction of sp³-hybridized carbons (Fsp3) is 0.533. The van der Waals surface area contributed by atoms with Gasteiger partial charge >= 0.3 is 0 Å². The van der Waals surface area contributed by atoms with Gasteiger partial charge in [-0.05, 0) is 24.5 Å². The number of sulfone groups is 1. The van der Waals surface area contributed by atoms with Gasteiger partial charge < -0.3 is 4.74 Å². The molecule has 6 heteroatoms. The normalized spacial score (nSPS) is 21.5. The van der Waals surface area contributed by atoms with Gasteiger partial charge in [0.2, 0.25) is 6.08 Å². The smallest absolute Gasteiger partial charge is 0.235 e. The maximum absolute atomic E-state index is 12.7. The summed E-state index contributed by atoms with van der Waals surface area (Å²) >= 11 is 0. The van der Waals surface area contributed by atoms with E-state index in [1.165, 1.54) is 0 Å². The third-order valence-corrected chi connectivity index (χ3v) is 6.55. The third-order valence-electron chi connectivity index (χ3n) is 4.43. The second kappa shape index (κ2) is 5.37. The Labute approximate surface area is 124 Å². The van der Waals surface area contributed by atoms with Gasteiger partial charge in [-0.1, -0.05) is 31.0 Å². The summed E-state index contributed by atoms with van der Waals surface area (Å²) in [6, 6.07) is 6.90. The molecule has 0 N–H and O–H groups in total. The van der Waals surface area contributed by atoms with Crippen LogP contribution in [0.4, 0.5) is 0 Å². The Hall–Kier alpha value is -1.49. The Balaban J connectivity index is 2.13. The van der Waals surface area contributed by atoms with Gasteiger partial charge in [0.15, 0.2) is 9.84 Å². The number of carbonyl (C=O) groups excluding carboxylic acids is 1. The molecule has 1 aromatic carbocycles. The molecule has 0 aromatic heterocycles. The van der Waals surface area contributed by atoms with Gasteiger partial charge in [0, 0.05) is 0 Å². The monoisotopic (exact) mass is 307 g/mol. The molecule has 5 nitrogen and oxygen atoms in total. The summed E-state index contributed by atoms with van der Waals surface area (Å²) < 4.78 is 30.5. The number of nitrogens with zero attached hydrogens (tertiary/aromatic N) is 1. The molecular weight excluding hydrogens is 290 g/mol. The maximum Gasteiger partial charge on any atom is 0.235 e. The highest BCUT2D eigenvalue weighted by atomic mass is 32.2. The van der Waals surface area contributed by atoms with Gasteiger partial charge in [0.05, 0.1) is 23.6 Å². The van der Waals surface area contributed by atoms with Crippen LogP contribution < -0.4 is 0 Å². The quantitative estimate of drug-likeness (QED) is 0.629. The molecule has 0 atom stereocenters. The summed E-state index contributed by atoms with van der Waals surface area (Å²) in [4.78, 5) is 15.1. The summed E-state index contributed by atoms with van der Waals surface area (Å²) in [5.41, 5.74) is -0.0894. The Kier molecular flexibility index (Phi) is 3.69. The van der Waals surface area contributed by atoms with E-state index in [4.69, 9.17) is 4.74 Å². The van der Waals surface area contributed by atoms with Gasteiger partial charge in [-0.25, -0.2) is 13.2 Å². The molecule has 1 aliphatic carbocycles. The van der Waals surface area contributed by atoms with Crippen molar-refractivity contribution in [2.24, 2.45) is 4.99 Å². The van der Waals surface area contributed by atoms with Crippen LogP contribution in [0, 0.1) is 0 Å². The average Bonchev–Trinajstić information content (AvgIpc) is 2.86. The molecule has 0 bridgehead atoms. The largest absolute Gasteiger partial charge is 0.379 e. The highest BCUT2D eigenvalue weighted by Crippen LogP contribution is 2.45. The summed E-state index contributed by atoms with van der Waals surface area (Å²) in [5.74, 6) is 0. The lowest BCUT2D eigenvalue weighted by Gasteiger charge is -2.30. The van der Waals surface area contributed by atoms with Crippen molar-refractivity contribution in [3.05, 3.63) is 29.8 Å². The van der Waals surface area contributed by atoms with Gasteiger partial charge in [-0.3, -0.25) is 0 Å². The zero-order valence-corrected chi connectivity index (χ0v) is 12.4. The minimum absolute atomic E-state index is 0.237. The summed E-state index contributed by atoms with van der Waals surface area (Å²) in [5, 5.41) is -0.489. The predicted octanol–water partition coefficient (Wildman–Crippen LogP) is 1.96. The van der Waals surface area contributed by atoms with Crippen LogP contribution in [0.5, 0.6) is 0 Å². The maximum atomic E-state index is 12.7. The van der Waals surface area contributed by atoms with Crippen LogP contribution in [0.2, 0.25) is 0 Å². The van der Waals surface area contributed by atoms with Crippen LogP contribution in [0.3, 0.4) is 0 Å². The zero-order chi connectivity index (χ0) is 14.9. The minimum atomic E-state index is -3.44. The zero-order valence-electron chi connectivity index (χ0n) is 11.6. The topological polar surface area (TPSA) is 72.8 Å². The van der Waals surface area contributed by atoms with Crippen LogP contribution in [0.15, 0.2) is 34.2 Å². The number of hydrogen-bond donors (Lipinski definition) is 0. The number of aliphatic imine (C=N–C) groups is 1. The van der Waals surface area contributed by atoms with Crippen molar-refractivity contribution in [2.75, 3.05) is 13.2 Å². The van der Waals surface area contributed by atoms with Crippen LogP contribution in [-0.2, 0) is 24.9 Å². The Morgan fingerprint density at radius 1 is 1.19 bits per heavy atom. The first-order valence-corrected chi connectivity index (χ1v) is 8.65. The lowest BCUT2D eigenvalue weighted by molar-refractivity contribution is 0.0415. The lowest BCUT2D eigenvalue weighted by Crippen LogP contribution is -2.41. The molecule has 2 fully saturated rings. The molecular formula is C15H17NO4S. The van der Waals surface area contributed by atoms with Gasteiger partial charge in [0.1, 0.15) is 5.25 Å². The SMILES string of the molecule is O=C=NC1(c2ccccc2S(=O)(=O)C2COC2)CCCC1. The Morgan fingerprint density at radius 2 is 1.86 bits per heavy atom. The van der Waals surface area contributed by atoms with Crippen molar-refractivity contribution in [2.45, 2.75) is 41.4 Å². The lowest BCUT2D eigenvalue weighted by atomic mass is 9.89. The number of isocyanates is 1. The summed E-state index contributed by atoms with van der Waals surface area (Å²) in [6.07, 6.45) is 4.89. The van der Waals surface area contributed by atoms with Gasteiger partial charge in [-0.15, -0.1) is 0 Å². The summed E-state index contributed by atoms with van der Waals surface area (Å²) in [6.45, 7) is 0.473. The fourth-order valence-electron chi connectivity index (χ4n) is 3.16. The van der Waals surface area contributed by atoms with E-state index in [0.29, 0.717) is 23.3 Å². The Bertz CT molecular complexity index is 681. The standard InChI is InChI=1S/C15H17NO4S/c17-11-16-15(7-3-4-8-15)13-5-1-2-6-14(13)21(18,19)12-9-20-10-12/h1-2,5-6,12H,3-4,7-10H2. The first-order chi connectivity index (χ1) is 10.1. The molecule has 0 unspecified atom stereocenters. The highest BCUT2D eigenvalue weighted by molar-refractivity contribution is 7.92. The first-order valence-electron chi connectivity index (χ1n) is 7.10. The minimum Gasteiger partial charge on any atom is -0.379 e. The van der Waals surface area contributed by atoms with E-state index in [1.54, 1.807) is 30.3 Å². The second-order valence-corrected chi connectivity index (χ2v) is 7.84. The second-order valence-electron chi connectivity index (χ2n) is 5.64. The van der Waals surface area contributed by atoms with Crippen LogP contribution in [0.25, 0.3) is 0 Å². The van der Waals surface area contributed by atoms with E-state index in [9.17, 15) is 13.2 Å². The number of benzene rings is 1. The van der Waals surface area contributed by atoms with E-state index in [2.05, 4.69) is 4.99 Å². The average molecular weight is 307 g/mol. The molecule has 1 heterocycles. The van der Waals surface area contributed by atoms with Crippen molar-refractivity contribution < 1.29 is 17.9 Å². The van der Waals surface area contributed by atoms with E-state index >= 15 is 0 Å². The summed E-state index contributed by atoms with van der Waals surface area (Å²) in [7, 11) is -3.44. The van der Waals surface area contributed by atoms with Crippen molar-refractivity contribution in [3.63, 3.8) is 0 Å². The molecule has 1 saturated carbocycles. The molecule has 3 rings (SSSR count). The molecule has 1 aromatic rings. The highest BCUT2D eigenvalue weighted by Gasteiger charge is 2.42. The Morgan fingerprint density at radius 3 is 2.43 bits per heavy atom. The molecule has 21 heavy (non-hydrogen) atoms. The number of rotatable bonds is 4. The first kappa shape index (κ1) is 14.4. The molecule has 112 valence electrons. The van der Waals surface area contributed by atoms with Gasteiger partial charge in [0.25, 0.3) is 0 Å². The van der Waals surface area contributed by atoms with Crippen LogP contribution in [-0.4, -0.2) is 33.0 Å². The third kappa shape index (κ3) is 2.33. The molecule has 0 radical (unpaired) electrons. The van der Waals surface area contributed by atoms with Crippen molar-refractivity contribution in [3.8, 4) is 0 Å². The van der Waals surface area contributed by atoms with Crippen LogP contribution >= 0.6 is 0 Å². The number of hydrogen-bond acceptors (Lipinski definition) is 5.